The minimum atomic E-state index is -0.793. The number of ether oxygens (including phenoxy) is 1. The third kappa shape index (κ3) is 4.33. The first-order valence-corrected chi connectivity index (χ1v) is 11.4. The molecule has 1 heterocycles. The molecule has 0 N–H and O–H groups in total. The number of Topliss-reactive ketones (excluding diaryl/α,β-unsaturated/α-hetero) is 2. The first kappa shape index (κ1) is 21.9. The van der Waals surface area contributed by atoms with E-state index in [2.05, 4.69) is 0 Å². The van der Waals surface area contributed by atoms with Crippen LogP contribution in [0.25, 0.3) is 0 Å². The molecule has 1 aliphatic rings. The summed E-state index contributed by atoms with van der Waals surface area (Å²) in [4.78, 5) is 28.9. The number of hydrogen-bond donors (Lipinski definition) is 0. The summed E-state index contributed by atoms with van der Waals surface area (Å²) in [6.45, 7) is 0.0760. The Kier molecular flexibility index (Phi) is 6.15. The molecule has 168 valence electrons. The number of nitrogens with zero attached hydrogens (tertiary/aromatic N) is 1. The van der Waals surface area contributed by atoms with Crippen LogP contribution >= 0.6 is 11.6 Å². The minimum absolute atomic E-state index is 0.0733. The number of para-hydroxylation sites is 2. The number of halogens is 1. The summed E-state index contributed by atoms with van der Waals surface area (Å²) >= 11 is 6.01. The quantitative estimate of drug-likeness (QED) is 0.294. The van der Waals surface area contributed by atoms with Gasteiger partial charge in [0, 0.05) is 27.4 Å². The summed E-state index contributed by atoms with van der Waals surface area (Å²) in [5.41, 5.74) is 2.84. The molecule has 4 aromatic rings. The second-order valence-electron chi connectivity index (χ2n) is 8.14. The third-order valence-electron chi connectivity index (χ3n) is 6.00. The lowest BCUT2D eigenvalue weighted by Crippen LogP contribution is -2.42. The van der Waals surface area contributed by atoms with Crippen LogP contribution in [0.15, 0.2) is 109 Å². The van der Waals surface area contributed by atoms with Crippen LogP contribution in [0, 0.1) is 0 Å². The zero-order valence-corrected chi connectivity index (χ0v) is 19.1. The summed E-state index contributed by atoms with van der Waals surface area (Å²) < 4.78 is 6.22. The van der Waals surface area contributed by atoms with E-state index in [4.69, 9.17) is 16.3 Å². The fourth-order valence-corrected chi connectivity index (χ4v) is 4.47. The molecule has 4 nitrogen and oxygen atoms in total. The van der Waals surface area contributed by atoms with Crippen LogP contribution in [0.5, 0.6) is 5.75 Å². The van der Waals surface area contributed by atoms with Gasteiger partial charge in [0.05, 0.1) is 6.54 Å². The van der Waals surface area contributed by atoms with Crippen molar-refractivity contribution < 1.29 is 14.3 Å². The Balaban J connectivity index is 1.57. The summed E-state index contributed by atoms with van der Waals surface area (Å²) in [6, 6.07) is 32.8. The molecule has 0 amide bonds. The number of carbonyl (C=O) groups is 2. The molecule has 0 aromatic heterocycles. The van der Waals surface area contributed by atoms with Gasteiger partial charge in [0.2, 0.25) is 5.78 Å². The maximum atomic E-state index is 13.6. The largest absolute Gasteiger partial charge is 0.479 e. The highest BCUT2D eigenvalue weighted by Gasteiger charge is 2.43. The summed E-state index contributed by atoms with van der Waals surface area (Å²) in [5.74, 6) is 0.458. The predicted molar refractivity (Wildman–Crippen MR) is 134 cm³/mol. The minimum Gasteiger partial charge on any atom is -0.479 e. The Hall–Kier alpha value is -3.89. The van der Waals surface area contributed by atoms with Crippen molar-refractivity contribution in [2.24, 2.45) is 0 Å². The van der Waals surface area contributed by atoms with E-state index >= 15 is 0 Å². The van der Waals surface area contributed by atoms with E-state index in [-0.39, 0.29) is 18.1 Å². The molecule has 2 atom stereocenters. The highest BCUT2D eigenvalue weighted by molar-refractivity contribution is 6.30. The molecule has 0 aliphatic carbocycles. The van der Waals surface area contributed by atoms with E-state index in [1.807, 2.05) is 77.7 Å². The van der Waals surface area contributed by atoms with Crippen molar-refractivity contribution in [3.63, 3.8) is 0 Å². The van der Waals surface area contributed by atoms with Crippen molar-refractivity contribution in [3.05, 3.63) is 131 Å². The SMILES string of the molecule is O=C(CN(c1ccccc1)C1c2ccccc2OC1C(=O)c1ccccc1)c1ccc(Cl)cc1. The van der Waals surface area contributed by atoms with Gasteiger partial charge in [-0.05, 0) is 42.5 Å². The average molecular weight is 468 g/mol. The van der Waals surface area contributed by atoms with E-state index in [1.54, 1.807) is 36.4 Å². The van der Waals surface area contributed by atoms with E-state index in [0.717, 1.165) is 11.3 Å². The van der Waals surface area contributed by atoms with Crippen molar-refractivity contribution in [2.45, 2.75) is 12.1 Å². The van der Waals surface area contributed by atoms with Crippen molar-refractivity contribution in [3.8, 4) is 5.75 Å². The zero-order valence-electron chi connectivity index (χ0n) is 18.3. The molecular weight excluding hydrogens is 446 g/mol. The third-order valence-corrected chi connectivity index (χ3v) is 6.25. The maximum Gasteiger partial charge on any atom is 0.205 e. The van der Waals surface area contributed by atoms with Crippen molar-refractivity contribution in [2.75, 3.05) is 11.4 Å². The van der Waals surface area contributed by atoms with E-state index < -0.39 is 12.1 Å². The fraction of sp³-hybridized carbons (Fsp3) is 0.103. The van der Waals surface area contributed by atoms with Gasteiger partial charge in [-0.2, -0.15) is 0 Å². The topological polar surface area (TPSA) is 46.6 Å². The van der Waals surface area contributed by atoms with Crippen LogP contribution in [0.2, 0.25) is 5.02 Å². The first-order valence-electron chi connectivity index (χ1n) is 11.1. The van der Waals surface area contributed by atoms with E-state index in [1.165, 1.54) is 0 Å². The number of ketones is 2. The number of hydrogen-bond acceptors (Lipinski definition) is 4. The standard InChI is InChI=1S/C29H22ClNO3/c30-22-17-15-20(16-18-22)25(32)19-31(23-11-5-2-6-12-23)27-24-13-7-8-14-26(24)34-29(27)28(33)21-9-3-1-4-10-21/h1-18,27,29H,19H2. The smallest absolute Gasteiger partial charge is 0.205 e. The van der Waals surface area contributed by atoms with Crippen LogP contribution in [-0.4, -0.2) is 24.2 Å². The molecule has 0 bridgehead atoms. The molecule has 1 aliphatic heterocycles. The second-order valence-corrected chi connectivity index (χ2v) is 8.58. The van der Waals surface area contributed by atoms with Gasteiger partial charge in [0.1, 0.15) is 11.8 Å². The maximum absolute atomic E-state index is 13.6. The van der Waals surface area contributed by atoms with Crippen LogP contribution in [0.1, 0.15) is 32.3 Å². The summed E-state index contributed by atoms with van der Waals surface area (Å²) in [6.07, 6.45) is -0.793. The Bertz CT molecular complexity index is 1310. The Morgan fingerprint density at radius 2 is 1.35 bits per heavy atom. The van der Waals surface area contributed by atoms with Gasteiger partial charge in [-0.3, -0.25) is 9.59 Å². The average Bonchev–Trinajstić information content (AvgIpc) is 3.27. The van der Waals surface area contributed by atoms with Gasteiger partial charge < -0.3 is 9.64 Å². The number of carbonyl (C=O) groups excluding carboxylic acids is 2. The molecular formula is C29H22ClNO3. The van der Waals surface area contributed by atoms with Crippen LogP contribution in [0.4, 0.5) is 5.69 Å². The van der Waals surface area contributed by atoms with E-state index in [0.29, 0.717) is 21.9 Å². The van der Waals surface area contributed by atoms with Gasteiger partial charge in [-0.25, -0.2) is 0 Å². The molecule has 2 unspecified atom stereocenters. The predicted octanol–water partition coefficient (Wildman–Crippen LogP) is 6.41. The lowest BCUT2D eigenvalue weighted by Gasteiger charge is -2.33. The lowest BCUT2D eigenvalue weighted by molar-refractivity contribution is 0.0784. The van der Waals surface area contributed by atoms with Gasteiger partial charge in [-0.1, -0.05) is 78.3 Å². The zero-order chi connectivity index (χ0) is 23.5. The fourth-order valence-electron chi connectivity index (χ4n) is 4.34. The van der Waals surface area contributed by atoms with Crippen LogP contribution < -0.4 is 9.64 Å². The molecule has 4 aromatic carbocycles. The molecule has 5 rings (SSSR count). The molecule has 0 radical (unpaired) electrons. The number of rotatable bonds is 7. The highest BCUT2D eigenvalue weighted by Crippen LogP contribution is 2.43. The van der Waals surface area contributed by atoms with Gasteiger partial charge >= 0.3 is 0 Å². The Morgan fingerprint density at radius 3 is 2.06 bits per heavy atom. The summed E-state index contributed by atoms with van der Waals surface area (Å²) in [7, 11) is 0. The summed E-state index contributed by atoms with van der Waals surface area (Å²) in [5, 5.41) is 0.572. The van der Waals surface area contributed by atoms with Crippen molar-refractivity contribution in [1.82, 2.24) is 0 Å². The van der Waals surface area contributed by atoms with Crippen molar-refractivity contribution >= 4 is 28.9 Å². The van der Waals surface area contributed by atoms with Crippen LogP contribution in [0.3, 0.4) is 0 Å². The Labute approximate surface area is 203 Å². The normalized spacial score (nSPS) is 16.4. The molecule has 5 heteroatoms. The number of fused-ring (bicyclic) bond motifs is 1. The van der Waals surface area contributed by atoms with Crippen LogP contribution in [-0.2, 0) is 0 Å². The first-order chi connectivity index (χ1) is 16.6. The Morgan fingerprint density at radius 1 is 0.735 bits per heavy atom. The van der Waals surface area contributed by atoms with Gasteiger partial charge in [0.25, 0.3) is 0 Å². The molecule has 34 heavy (non-hydrogen) atoms. The number of anilines is 1. The number of benzene rings is 4. The molecule has 0 fully saturated rings. The van der Waals surface area contributed by atoms with E-state index in [9.17, 15) is 9.59 Å². The van der Waals surface area contributed by atoms with Gasteiger partial charge in [-0.15, -0.1) is 0 Å². The monoisotopic (exact) mass is 467 g/mol. The molecule has 0 spiro atoms. The molecule has 0 saturated carbocycles. The van der Waals surface area contributed by atoms with Crippen molar-refractivity contribution in [1.29, 1.82) is 0 Å². The molecule has 0 saturated heterocycles. The highest BCUT2D eigenvalue weighted by atomic mass is 35.5. The van der Waals surface area contributed by atoms with Gasteiger partial charge in [0.15, 0.2) is 11.9 Å². The lowest BCUT2D eigenvalue weighted by atomic mass is 9.94. The second kappa shape index (κ2) is 9.54.